The molecule has 1 amide bonds. The highest BCUT2D eigenvalue weighted by atomic mass is 32.2. The first-order chi connectivity index (χ1) is 16.1. The maximum Gasteiger partial charge on any atom is 0.242 e. The lowest BCUT2D eigenvalue weighted by Crippen LogP contribution is -2.20. The number of carbonyl (C=O) groups excluding carboxylic acids is 1. The van der Waals surface area contributed by atoms with Crippen LogP contribution in [0, 0.1) is 13.8 Å². The van der Waals surface area contributed by atoms with Gasteiger partial charge in [0.05, 0.1) is 6.61 Å². The number of aryl methyl sites for hydroxylation is 2. The number of amides is 1. The van der Waals surface area contributed by atoms with Gasteiger partial charge in [-0.15, -0.1) is 5.10 Å². The van der Waals surface area contributed by atoms with Crippen molar-refractivity contribution in [3.05, 3.63) is 89.5 Å². The van der Waals surface area contributed by atoms with E-state index in [2.05, 4.69) is 20.8 Å². The van der Waals surface area contributed by atoms with E-state index in [4.69, 9.17) is 4.74 Å². The summed E-state index contributed by atoms with van der Waals surface area (Å²) < 4.78 is 7.36. The second kappa shape index (κ2) is 10.3. The third-order valence-electron chi connectivity index (χ3n) is 5.05. The largest absolute Gasteiger partial charge is 0.492 e. The number of aromatic nitrogens is 4. The van der Waals surface area contributed by atoms with Crippen molar-refractivity contribution >= 4 is 23.4 Å². The Hall–Kier alpha value is -3.65. The maximum atomic E-state index is 13.5. The molecular weight excluding hydrogens is 434 g/mol. The minimum atomic E-state index is -0.560. The van der Waals surface area contributed by atoms with Crippen LogP contribution in [0.4, 0.5) is 5.69 Å². The number of carbonyl (C=O) groups is 1. The fourth-order valence-corrected chi connectivity index (χ4v) is 4.38. The summed E-state index contributed by atoms with van der Waals surface area (Å²) in [6, 6.07) is 23.2. The van der Waals surface area contributed by atoms with E-state index in [-0.39, 0.29) is 5.91 Å². The maximum absolute atomic E-state index is 13.5. The molecule has 4 rings (SSSR count). The number of hydrogen-bond donors (Lipinski definition) is 1. The molecule has 0 unspecified atom stereocenters. The molecule has 168 valence electrons. The number of benzene rings is 3. The summed E-state index contributed by atoms with van der Waals surface area (Å²) in [5, 5.41) is 15.3. The van der Waals surface area contributed by atoms with Gasteiger partial charge in [-0.3, -0.25) is 4.79 Å². The summed E-state index contributed by atoms with van der Waals surface area (Å²) in [4.78, 5) is 13.5. The van der Waals surface area contributed by atoms with Crippen molar-refractivity contribution in [1.29, 1.82) is 0 Å². The SMILES string of the molecule is CCOc1ccccc1-n1nnnc1S[C@@H](C(=O)Nc1cc(C)ccc1C)c1ccccc1. The Morgan fingerprint density at radius 2 is 1.82 bits per heavy atom. The first-order valence-corrected chi connectivity index (χ1v) is 11.5. The van der Waals surface area contributed by atoms with Crippen molar-refractivity contribution in [2.24, 2.45) is 0 Å². The average molecular weight is 460 g/mol. The zero-order valence-corrected chi connectivity index (χ0v) is 19.5. The quantitative estimate of drug-likeness (QED) is 0.367. The minimum absolute atomic E-state index is 0.146. The van der Waals surface area contributed by atoms with Gasteiger partial charge in [0.1, 0.15) is 16.7 Å². The second-order valence-corrected chi connectivity index (χ2v) is 8.56. The number of thioether (sulfide) groups is 1. The van der Waals surface area contributed by atoms with E-state index >= 15 is 0 Å². The number of para-hydroxylation sites is 2. The smallest absolute Gasteiger partial charge is 0.242 e. The molecule has 0 aliphatic carbocycles. The highest BCUT2D eigenvalue weighted by Crippen LogP contribution is 2.37. The molecule has 0 saturated heterocycles. The topological polar surface area (TPSA) is 81.9 Å². The monoisotopic (exact) mass is 459 g/mol. The van der Waals surface area contributed by atoms with E-state index in [0.29, 0.717) is 23.2 Å². The lowest BCUT2D eigenvalue weighted by molar-refractivity contribution is -0.115. The first kappa shape index (κ1) is 22.5. The molecule has 0 radical (unpaired) electrons. The lowest BCUT2D eigenvalue weighted by atomic mass is 10.1. The fourth-order valence-electron chi connectivity index (χ4n) is 3.39. The summed E-state index contributed by atoms with van der Waals surface area (Å²) in [7, 11) is 0. The molecule has 7 nitrogen and oxygen atoms in total. The average Bonchev–Trinajstić information content (AvgIpc) is 3.29. The Morgan fingerprint density at radius 3 is 2.61 bits per heavy atom. The van der Waals surface area contributed by atoms with Crippen molar-refractivity contribution in [2.45, 2.75) is 31.2 Å². The third-order valence-corrected chi connectivity index (χ3v) is 6.24. The molecule has 1 aromatic heterocycles. The van der Waals surface area contributed by atoms with Crippen LogP contribution in [0.25, 0.3) is 5.69 Å². The molecule has 0 spiro atoms. The number of nitrogens with zero attached hydrogens (tertiary/aromatic N) is 4. The Labute approximate surface area is 197 Å². The number of hydrogen-bond acceptors (Lipinski definition) is 6. The van der Waals surface area contributed by atoms with Gasteiger partial charge >= 0.3 is 0 Å². The summed E-state index contributed by atoms with van der Waals surface area (Å²) >= 11 is 1.29. The van der Waals surface area contributed by atoms with Gasteiger partial charge in [0.25, 0.3) is 0 Å². The predicted octanol–water partition coefficient (Wildman–Crippen LogP) is 5.15. The minimum Gasteiger partial charge on any atom is -0.492 e. The van der Waals surface area contributed by atoms with Crippen molar-refractivity contribution in [2.75, 3.05) is 11.9 Å². The van der Waals surface area contributed by atoms with Gasteiger partial charge in [0, 0.05) is 5.69 Å². The Balaban J connectivity index is 1.68. The van der Waals surface area contributed by atoms with E-state index in [1.165, 1.54) is 11.8 Å². The van der Waals surface area contributed by atoms with E-state index < -0.39 is 5.25 Å². The zero-order valence-electron chi connectivity index (χ0n) is 18.7. The molecule has 0 bridgehead atoms. The van der Waals surface area contributed by atoms with Crippen LogP contribution in [0.2, 0.25) is 0 Å². The highest BCUT2D eigenvalue weighted by molar-refractivity contribution is 8.00. The Kier molecular flexibility index (Phi) is 7.04. The van der Waals surface area contributed by atoms with E-state index in [9.17, 15) is 4.79 Å². The van der Waals surface area contributed by atoms with E-state index in [1.54, 1.807) is 4.68 Å². The van der Waals surface area contributed by atoms with Crippen LogP contribution in [-0.4, -0.2) is 32.7 Å². The summed E-state index contributed by atoms with van der Waals surface area (Å²) in [5.74, 6) is 0.526. The van der Waals surface area contributed by atoms with Gasteiger partial charge in [-0.2, -0.15) is 4.68 Å². The normalized spacial score (nSPS) is 11.7. The van der Waals surface area contributed by atoms with Crippen molar-refractivity contribution < 1.29 is 9.53 Å². The van der Waals surface area contributed by atoms with Crippen molar-refractivity contribution in [3.8, 4) is 11.4 Å². The molecule has 1 heterocycles. The molecule has 3 aromatic carbocycles. The molecule has 4 aromatic rings. The molecule has 0 aliphatic heterocycles. The molecule has 8 heteroatoms. The highest BCUT2D eigenvalue weighted by Gasteiger charge is 2.26. The predicted molar refractivity (Wildman–Crippen MR) is 130 cm³/mol. The van der Waals surface area contributed by atoms with E-state index in [1.807, 2.05) is 93.6 Å². The number of tetrazole rings is 1. The first-order valence-electron chi connectivity index (χ1n) is 10.7. The van der Waals surface area contributed by atoms with Crippen LogP contribution >= 0.6 is 11.8 Å². The van der Waals surface area contributed by atoms with Gasteiger partial charge in [0.15, 0.2) is 0 Å². The Bertz CT molecular complexity index is 1240. The summed E-state index contributed by atoms with van der Waals surface area (Å²) in [6.45, 7) is 6.43. The molecular formula is C25H25N5O2S. The van der Waals surface area contributed by atoms with Gasteiger partial charge in [0.2, 0.25) is 11.1 Å². The number of ether oxygens (including phenoxy) is 1. The van der Waals surface area contributed by atoms with E-state index in [0.717, 1.165) is 22.4 Å². The number of nitrogens with one attached hydrogen (secondary N) is 1. The molecule has 33 heavy (non-hydrogen) atoms. The van der Waals surface area contributed by atoms with Crippen LogP contribution in [0.15, 0.2) is 78.0 Å². The van der Waals surface area contributed by atoms with Gasteiger partial charge in [-0.25, -0.2) is 0 Å². The lowest BCUT2D eigenvalue weighted by Gasteiger charge is -2.18. The van der Waals surface area contributed by atoms with Crippen LogP contribution in [0.1, 0.15) is 28.9 Å². The van der Waals surface area contributed by atoms with Gasteiger partial charge in [-0.1, -0.05) is 66.4 Å². The number of rotatable bonds is 8. The third kappa shape index (κ3) is 5.23. The fraction of sp³-hybridized carbons (Fsp3) is 0.200. The van der Waals surface area contributed by atoms with Crippen LogP contribution < -0.4 is 10.1 Å². The van der Waals surface area contributed by atoms with Crippen molar-refractivity contribution in [3.63, 3.8) is 0 Å². The Morgan fingerprint density at radius 1 is 1.06 bits per heavy atom. The molecule has 0 aliphatic rings. The molecule has 1 N–H and O–H groups in total. The molecule has 0 fully saturated rings. The molecule has 0 saturated carbocycles. The summed E-state index contributed by atoms with van der Waals surface area (Å²) in [5.41, 5.74) is 4.45. The number of anilines is 1. The zero-order chi connectivity index (χ0) is 23.2. The van der Waals surface area contributed by atoms with Crippen molar-refractivity contribution in [1.82, 2.24) is 20.2 Å². The van der Waals surface area contributed by atoms with Gasteiger partial charge < -0.3 is 10.1 Å². The summed E-state index contributed by atoms with van der Waals surface area (Å²) in [6.07, 6.45) is 0. The van der Waals surface area contributed by atoms with Gasteiger partial charge in [-0.05, 0) is 66.1 Å². The molecule has 1 atom stereocenters. The van der Waals surface area contributed by atoms with Crippen LogP contribution in [0.5, 0.6) is 5.75 Å². The van der Waals surface area contributed by atoms with Crippen LogP contribution in [0.3, 0.4) is 0 Å². The second-order valence-electron chi connectivity index (χ2n) is 7.49. The standard InChI is InChI=1S/C25H25N5O2S/c1-4-32-22-13-9-8-12-21(22)30-25(27-28-29-30)33-23(19-10-6-5-7-11-19)24(31)26-20-16-17(2)14-15-18(20)3/h5-16,23H,4H2,1-3H3,(H,26,31)/t23-/m1/s1. The van der Waals surface area contributed by atoms with Crippen LogP contribution in [-0.2, 0) is 4.79 Å².